The topological polar surface area (TPSA) is 38.5 Å². The molecule has 0 aliphatic carbocycles. The Morgan fingerprint density at radius 1 is 1.42 bits per heavy atom. The van der Waals surface area contributed by atoms with Gasteiger partial charge in [0.05, 0.1) is 12.6 Å². The minimum Gasteiger partial charge on any atom is -0.383 e. The average molecular weight is 262 g/mol. The van der Waals surface area contributed by atoms with Crippen molar-refractivity contribution in [2.24, 2.45) is 11.7 Å². The zero-order chi connectivity index (χ0) is 13.7. The molecule has 0 aromatic heterocycles. The van der Waals surface area contributed by atoms with Gasteiger partial charge in [-0.3, -0.25) is 0 Å². The van der Waals surface area contributed by atoms with Gasteiger partial charge < -0.3 is 15.4 Å². The fraction of sp³-hybridized carbons (Fsp3) is 0.625. The van der Waals surface area contributed by atoms with E-state index in [1.165, 1.54) is 17.7 Å². The molecule has 2 atom stereocenters. The van der Waals surface area contributed by atoms with Crippen LogP contribution in [-0.2, 0) is 11.2 Å². The Morgan fingerprint density at radius 3 is 2.95 bits per heavy atom. The van der Waals surface area contributed by atoms with Gasteiger partial charge in [-0.2, -0.15) is 0 Å². The third-order valence-electron chi connectivity index (χ3n) is 3.92. The highest BCUT2D eigenvalue weighted by Gasteiger charge is 2.26. The number of nitrogens with zero attached hydrogens (tertiary/aromatic N) is 1. The lowest BCUT2D eigenvalue weighted by atomic mass is 9.92. The van der Waals surface area contributed by atoms with Gasteiger partial charge in [0.15, 0.2) is 0 Å². The van der Waals surface area contributed by atoms with E-state index in [0.29, 0.717) is 12.0 Å². The summed E-state index contributed by atoms with van der Waals surface area (Å²) in [6.45, 7) is 4.98. The van der Waals surface area contributed by atoms with E-state index in [0.717, 1.165) is 32.5 Å². The molecule has 3 nitrogen and oxygen atoms in total. The number of hydrogen-bond donors (Lipinski definition) is 1. The zero-order valence-corrected chi connectivity index (χ0v) is 12.1. The highest BCUT2D eigenvalue weighted by atomic mass is 16.5. The van der Waals surface area contributed by atoms with Gasteiger partial charge in [0.1, 0.15) is 0 Å². The third kappa shape index (κ3) is 3.48. The minimum atomic E-state index is 0.442. The van der Waals surface area contributed by atoms with Crippen LogP contribution in [0.25, 0.3) is 0 Å². The maximum absolute atomic E-state index is 5.67. The smallest absolute Gasteiger partial charge is 0.0666 e. The molecule has 19 heavy (non-hydrogen) atoms. The van der Waals surface area contributed by atoms with E-state index < -0.39 is 0 Å². The van der Waals surface area contributed by atoms with Crippen LogP contribution in [-0.4, -0.2) is 32.8 Å². The third-order valence-corrected chi connectivity index (χ3v) is 3.92. The Labute approximate surface area is 116 Å². The minimum absolute atomic E-state index is 0.442. The molecule has 0 radical (unpaired) electrons. The van der Waals surface area contributed by atoms with Crippen LogP contribution in [0.1, 0.15) is 25.3 Å². The maximum Gasteiger partial charge on any atom is 0.0666 e. The van der Waals surface area contributed by atoms with Crippen molar-refractivity contribution < 1.29 is 4.74 Å². The Bertz CT molecular complexity index is 394. The monoisotopic (exact) mass is 262 g/mol. The van der Waals surface area contributed by atoms with Crippen LogP contribution in [0.5, 0.6) is 0 Å². The number of nitrogens with two attached hydrogens (primary N) is 1. The van der Waals surface area contributed by atoms with Gasteiger partial charge in [-0.25, -0.2) is 0 Å². The molecule has 0 amide bonds. The number of ether oxygens (including phenoxy) is 1. The number of anilines is 1. The Kier molecular flexibility index (Phi) is 5.23. The fourth-order valence-electron chi connectivity index (χ4n) is 3.06. The predicted octanol–water partition coefficient (Wildman–Crippen LogP) is 2.44. The number of rotatable bonds is 6. The number of para-hydroxylation sites is 1. The predicted molar refractivity (Wildman–Crippen MR) is 80.6 cm³/mol. The van der Waals surface area contributed by atoms with Crippen molar-refractivity contribution in [1.29, 1.82) is 0 Å². The second kappa shape index (κ2) is 6.92. The highest BCUT2D eigenvalue weighted by molar-refractivity contribution is 5.56. The van der Waals surface area contributed by atoms with Crippen LogP contribution in [0.15, 0.2) is 24.3 Å². The summed E-state index contributed by atoms with van der Waals surface area (Å²) in [6.07, 6.45) is 3.34. The molecule has 0 bridgehead atoms. The molecule has 1 aliphatic rings. The standard InChI is InChI=1S/C16H26N2O/c1-13-10-14-6-3-4-8-16(14)18(11-13)15(12-19-2)7-5-9-17/h3-4,6,8,13,15H,5,7,9-12,17H2,1-2H3. The van der Waals surface area contributed by atoms with Crippen molar-refractivity contribution in [3.8, 4) is 0 Å². The number of hydrogen-bond acceptors (Lipinski definition) is 3. The summed E-state index contributed by atoms with van der Waals surface area (Å²) in [7, 11) is 1.79. The number of methoxy groups -OCH3 is 1. The van der Waals surface area contributed by atoms with Crippen molar-refractivity contribution >= 4 is 5.69 Å². The van der Waals surface area contributed by atoms with Gasteiger partial charge in [-0.05, 0) is 43.4 Å². The average Bonchev–Trinajstić information content (AvgIpc) is 2.42. The lowest BCUT2D eigenvalue weighted by Gasteiger charge is -2.40. The Morgan fingerprint density at radius 2 is 2.21 bits per heavy atom. The Hall–Kier alpha value is -1.06. The summed E-state index contributed by atoms with van der Waals surface area (Å²) in [6, 6.07) is 9.21. The first-order valence-electron chi connectivity index (χ1n) is 7.29. The van der Waals surface area contributed by atoms with E-state index in [2.05, 4.69) is 36.1 Å². The van der Waals surface area contributed by atoms with Crippen LogP contribution in [0.2, 0.25) is 0 Å². The van der Waals surface area contributed by atoms with Gasteiger partial charge in [0.25, 0.3) is 0 Å². The van der Waals surface area contributed by atoms with E-state index in [4.69, 9.17) is 10.5 Å². The maximum atomic E-state index is 5.67. The largest absolute Gasteiger partial charge is 0.383 e. The van der Waals surface area contributed by atoms with Crippen molar-refractivity contribution in [2.75, 3.05) is 31.7 Å². The molecule has 0 saturated heterocycles. The van der Waals surface area contributed by atoms with Crippen LogP contribution in [0.3, 0.4) is 0 Å². The second-order valence-electron chi connectivity index (χ2n) is 5.63. The first kappa shape index (κ1) is 14.4. The van der Waals surface area contributed by atoms with Crippen molar-refractivity contribution in [3.63, 3.8) is 0 Å². The molecule has 3 heteroatoms. The van der Waals surface area contributed by atoms with Crippen LogP contribution in [0.4, 0.5) is 5.69 Å². The van der Waals surface area contributed by atoms with Gasteiger partial charge in [-0.15, -0.1) is 0 Å². The van der Waals surface area contributed by atoms with Crippen molar-refractivity contribution in [2.45, 2.75) is 32.2 Å². The number of fused-ring (bicyclic) bond motifs is 1. The zero-order valence-electron chi connectivity index (χ0n) is 12.1. The molecule has 2 N–H and O–H groups in total. The quantitative estimate of drug-likeness (QED) is 0.856. The molecule has 0 saturated carbocycles. The molecule has 1 aliphatic heterocycles. The first-order chi connectivity index (χ1) is 9.26. The second-order valence-corrected chi connectivity index (χ2v) is 5.63. The van der Waals surface area contributed by atoms with E-state index in [1.807, 2.05) is 0 Å². The lowest BCUT2D eigenvalue weighted by molar-refractivity contribution is 0.170. The SMILES string of the molecule is COCC(CCCN)N1CC(C)Cc2ccccc21. The first-order valence-corrected chi connectivity index (χ1v) is 7.29. The Balaban J connectivity index is 2.21. The van der Waals surface area contributed by atoms with E-state index >= 15 is 0 Å². The molecule has 0 spiro atoms. The molecule has 1 heterocycles. The molecule has 1 aromatic carbocycles. The summed E-state index contributed by atoms with van der Waals surface area (Å²) < 4.78 is 5.42. The van der Waals surface area contributed by atoms with E-state index in [1.54, 1.807) is 7.11 Å². The van der Waals surface area contributed by atoms with E-state index in [9.17, 15) is 0 Å². The summed E-state index contributed by atoms with van der Waals surface area (Å²) in [5.41, 5.74) is 8.52. The van der Waals surface area contributed by atoms with Gasteiger partial charge >= 0.3 is 0 Å². The fourth-order valence-corrected chi connectivity index (χ4v) is 3.06. The molecule has 0 fully saturated rings. The lowest BCUT2D eigenvalue weighted by Crippen LogP contribution is -2.44. The van der Waals surface area contributed by atoms with Crippen LogP contribution in [0, 0.1) is 5.92 Å². The number of benzene rings is 1. The summed E-state index contributed by atoms with van der Waals surface area (Å²) >= 11 is 0. The molecular weight excluding hydrogens is 236 g/mol. The molecule has 1 aromatic rings. The van der Waals surface area contributed by atoms with Crippen LogP contribution >= 0.6 is 0 Å². The summed E-state index contributed by atoms with van der Waals surface area (Å²) in [4.78, 5) is 2.53. The van der Waals surface area contributed by atoms with Crippen LogP contribution < -0.4 is 10.6 Å². The van der Waals surface area contributed by atoms with Gasteiger partial charge in [-0.1, -0.05) is 25.1 Å². The van der Waals surface area contributed by atoms with E-state index in [-0.39, 0.29) is 0 Å². The van der Waals surface area contributed by atoms with Gasteiger partial charge in [0, 0.05) is 19.3 Å². The highest BCUT2D eigenvalue weighted by Crippen LogP contribution is 2.31. The molecule has 106 valence electrons. The molecule has 2 unspecified atom stereocenters. The molecular formula is C16H26N2O. The normalized spacial score (nSPS) is 20.2. The summed E-state index contributed by atoms with van der Waals surface area (Å²) in [5, 5.41) is 0. The van der Waals surface area contributed by atoms with Crippen molar-refractivity contribution in [3.05, 3.63) is 29.8 Å². The van der Waals surface area contributed by atoms with Crippen molar-refractivity contribution in [1.82, 2.24) is 0 Å². The van der Waals surface area contributed by atoms with Gasteiger partial charge in [0.2, 0.25) is 0 Å². The summed E-state index contributed by atoms with van der Waals surface area (Å²) in [5.74, 6) is 0.701. The molecule has 2 rings (SSSR count).